The highest BCUT2D eigenvalue weighted by molar-refractivity contribution is 5.36. The fraction of sp³-hybridized carbons (Fsp3) is 0.583. The minimum atomic E-state index is 0.566. The van der Waals surface area contributed by atoms with E-state index >= 15 is 0 Å². The van der Waals surface area contributed by atoms with E-state index in [4.69, 9.17) is 5.73 Å². The molecule has 0 bridgehead atoms. The van der Waals surface area contributed by atoms with Crippen molar-refractivity contribution in [1.29, 1.82) is 0 Å². The third kappa shape index (κ3) is 2.93. The lowest BCUT2D eigenvalue weighted by Gasteiger charge is -2.23. The number of hydrogen-bond acceptors (Lipinski definition) is 3. The highest BCUT2D eigenvalue weighted by atomic mass is 15.0. The smallest absolute Gasteiger partial charge is 0.126 e. The van der Waals surface area contributed by atoms with Gasteiger partial charge < -0.3 is 11.1 Å². The zero-order valence-electron chi connectivity index (χ0n) is 9.08. The summed E-state index contributed by atoms with van der Waals surface area (Å²) in [6, 6.07) is 4.68. The molecule has 3 nitrogen and oxygen atoms in total. The van der Waals surface area contributed by atoms with Gasteiger partial charge in [-0.1, -0.05) is 25.3 Å². The molecule has 3 heteroatoms. The van der Waals surface area contributed by atoms with Crippen LogP contribution in [0.2, 0.25) is 0 Å². The molecule has 0 aliphatic heterocycles. The zero-order valence-corrected chi connectivity index (χ0v) is 9.08. The molecule has 1 fully saturated rings. The number of aromatic nitrogens is 1. The van der Waals surface area contributed by atoms with Gasteiger partial charge in [0, 0.05) is 18.8 Å². The van der Waals surface area contributed by atoms with E-state index in [0.717, 1.165) is 11.4 Å². The van der Waals surface area contributed by atoms with Crippen molar-refractivity contribution in [2.45, 2.75) is 44.7 Å². The molecular weight excluding hydrogens is 186 g/mol. The standard InChI is InChI=1S/C12H19N3/c13-8-10-6-7-12(14-9-10)15-11-4-2-1-3-5-11/h6-7,9,11H,1-5,8,13H2,(H,14,15). The predicted octanol–water partition coefficient (Wildman–Crippen LogP) is 2.28. The largest absolute Gasteiger partial charge is 0.367 e. The van der Waals surface area contributed by atoms with Crippen LogP contribution in [0.3, 0.4) is 0 Å². The fourth-order valence-corrected chi connectivity index (χ4v) is 2.09. The SMILES string of the molecule is NCc1ccc(NC2CCCCC2)nc1. The molecule has 1 aromatic heterocycles. The van der Waals surface area contributed by atoms with Gasteiger partial charge in [-0.3, -0.25) is 0 Å². The third-order valence-electron chi connectivity index (χ3n) is 3.02. The Morgan fingerprint density at radius 2 is 2.07 bits per heavy atom. The van der Waals surface area contributed by atoms with Crippen molar-refractivity contribution >= 4 is 5.82 Å². The number of nitrogens with zero attached hydrogens (tertiary/aromatic N) is 1. The normalized spacial score (nSPS) is 17.7. The van der Waals surface area contributed by atoms with Gasteiger partial charge in [-0.15, -0.1) is 0 Å². The highest BCUT2D eigenvalue weighted by Crippen LogP contribution is 2.20. The maximum absolute atomic E-state index is 5.52. The molecule has 1 saturated carbocycles. The van der Waals surface area contributed by atoms with Gasteiger partial charge in [0.15, 0.2) is 0 Å². The minimum absolute atomic E-state index is 0.566. The van der Waals surface area contributed by atoms with Crippen molar-refractivity contribution in [2.24, 2.45) is 5.73 Å². The first-order valence-corrected chi connectivity index (χ1v) is 5.80. The first kappa shape index (κ1) is 10.4. The lowest BCUT2D eigenvalue weighted by Crippen LogP contribution is -2.22. The Morgan fingerprint density at radius 1 is 1.27 bits per heavy atom. The molecule has 0 spiro atoms. The summed E-state index contributed by atoms with van der Waals surface area (Å²) in [4.78, 5) is 4.35. The summed E-state index contributed by atoms with van der Waals surface area (Å²) in [5, 5.41) is 3.48. The van der Waals surface area contributed by atoms with Gasteiger partial charge in [-0.05, 0) is 24.5 Å². The Hall–Kier alpha value is -1.09. The molecule has 0 amide bonds. The van der Waals surface area contributed by atoms with E-state index in [1.54, 1.807) is 0 Å². The summed E-state index contributed by atoms with van der Waals surface area (Å²) in [5.74, 6) is 0.985. The molecule has 3 N–H and O–H groups in total. The van der Waals surface area contributed by atoms with Gasteiger partial charge in [-0.25, -0.2) is 4.98 Å². The highest BCUT2D eigenvalue weighted by Gasteiger charge is 2.12. The Morgan fingerprint density at radius 3 is 2.67 bits per heavy atom. The van der Waals surface area contributed by atoms with Gasteiger partial charge in [0.1, 0.15) is 5.82 Å². The summed E-state index contributed by atoms with van der Waals surface area (Å²) in [6.07, 6.45) is 8.49. The number of nitrogens with two attached hydrogens (primary N) is 1. The molecule has 0 aromatic carbocycles. The molecular formula is C12H19N3. The molecule has 2 rings (SSSR count). The molecule has 1 aliphatic carbocycles. The molecule has 0 atom stereocenters. The monoisotopic (exact) mass is 205 g/mol. The van der Waals surface area contributed by atoms with Crippen molar-refractivity contribution in [3.63, 3.8) is 0 Å². The van der Waals surface area contributed by atoms with Crippen LogP contribution in [0.5, 0.6) is 0 Å². The van der Waals surface area contributed by atoms with E-state index in [0.29, 0.717) is 12.6 Å². The van der Waals surface area contributed by atoms with Crippen molar-refractivity contribution in [3.8, 4) is 0 Å². The van der Waals surface area contributed by atoms with Crippen LogP contribution in [0.4, 0.5) is 5.82 Å². The first-order chi connectivity index (χ1) is 7.38. The van der Waals surface area contributed by atoms with Crippen molar-refractivity contribution < 1.29 is 0 Å². The Balaban J connectivity index is 1.91. The van der Waals surface area contributed by atoms with Gasteiger partial charge in [0.05, 0.1) is 0 Å². The summed E-state index contributed by atoms with van der Waals surface area (Å²) in [7, 11) is 0. The Bertz CT molecular complexity index is 288. The first-order valence-electron chi connectivity index (χ1n) is 5.80. The van der Waals surface area contributed by atoms with Crippen molar-refractivity contribution in [1.82, 2.24) is 4.98 Å². The molecule has 15 heavy (non-hydrogen) atoms. The van der Waals surface area contributed by atoms with Crippen LogP contribution >= 0.6 is 0 Å². The third-order valence-corrected chi connectivity index (χ3v) is 3.02. The van der Waals surface area contributed by atoms with E-state index in [9.17, 15) is 0 Å². The van der Waals surface area contributed by atoms with E-state index in [1.807, 2.05) is 18.3 Å². The number of hydrogen-bond donors (Lipinski definition) is 2. The molecule has 82 valence electrons. The minimum Gasteiger partial charge on any atom is -0.367 e. The quantitative estimate of drug-likeness (QED) is 0.796. The second-order valence-corrected chi connectivity index (χ2v) is 4.24. The van der Waals surface area contributed by atoms with Gasteiger partial charge >= 0.3 is 0 Å². The summed E-state index contributed by atoms with van der Waals surface area (Å²) in [5.41, 5.74) is 6.61. The van der Waals surface area contributed by atoms with E-state index < -0.39 is 0 Å². The average molecular weight is 205 g/mol. The second kappa shape index (κ2) is 5.12. The average Bonchev–Trinajstić information content (AvgIpc) is 2.31. The van der Waals surface area contributed by atoms with Crippen LogP contribution in [0.15, 0.2) is 18.3 Å². The molecule has 0 saturated heterocycles. The number of rotatable bonds is 3. The summed E-state index contributed by atoms with van der Waals surface area (Å²) in [6.45, 7) is 0.566. The molecule has 0 unspecified atom stereocenters. The maximum atomic E-state index is 5.52. The van der Waals surface area contributed by atoms with Crippen molar-refractivity contribution in [2.75, 3.05) is 5.32 Å². The van der Waals surface area contributed by atoms with Gasteiger partial charge in [0.2, 0.25) is 0 Å². The lowest BCUT2D eigenvalue weighted by atomic mass is 9.95. The Kier molecular flexibility index (Phi) is 3.56. The van der Waals surface area contributed by atoms with Gasteiger partial charge in [-0.2, -0.15) is 0 Å². The van der Waals surface area contributed by atoms with Crippen LogP contribution in [0.25, 0.3) is 0 Å². The summed E-state index contributed by atoms with van der Waals surface area (Å²) < 4.78 is 0. The maximum Gasteiger partial charge on any atom is 0.126 e. The summed E-state index contributed by atoms with van der Waals surface area (Å²) >= 11 is 0. The predicted molar refractivity (Wildman–Crippen MR) is 62.6 cm³/mol. The van der Waals surface area contributed by atoms with E-state index in [1.165, 1.54) is 32.1 Å². The second-order valence-electron chi connectivity index (χ2n) is 4.24. The van der Waals surface area contributed by atoms with Crippen LogP contribution in [-0.2, 0) is 6.54 Å². The van der Waals surface area contributed by atoms with Gasteiger partial charge in [0.25, 0.3) is 0 Å². The van der Waals surface area contributed by atoms with Crippen LogP contribution < -0.4 is 11.1 Å². The molecule has 1 heterocycles. The molecule has 1 aliphatic rings. The molecule has 1 aromatic rings. The van der Waals surface area contributed by atoms with Crippen LogP contribution in [0.1, 0.15) is 37.7 Å². The van der Waals surface area contributed by atoms with Crippen LogP contribution in [0, 0.1) is 0 Å². The fourth-order valence-electron chi connectivity index (χ4n) is 2.09. The molecule has 0 radical (unpaired) electrons. The lowest BCUT2D eigenvalue weighted by molar-refractivity contribution is 0.462. The number of pyridine rings is 1. The zero-order chi connectivity index (χ0) is 10.5. The van der Waals surface area contributed by atoms with Crippen molar-refractivity contribution in [3.05, 3.63) is 23.9 Å². The number of anilines is 1. The van der Waals surface area contributed by atoms with E-state index in [-0.39, 0.29) is 0 Å². The topological polar surface area (TPSA) is 50.9 Å². The Labute approximate surface area is 91.1 Å². The van der Waals surface area contributed by atoms with Crippen LogP contribution in [-0.4, -0.2) is 11.0 Å². The number of nitrogens with one attached hydrogen (secondary N) is 1. The van der Waals surface area contributed by atoms with E-state index in [2.05, 4.69) is 10.3 Å².